The molecule has 9 aromatic carbocycles. The maximum atomic E-state index is 5.20. The van der Waals surface area contributed by atoms with E-state index in [9.17, 15) is 0 Å². The van der Waals surface area contributed by atoms with E-state index in [2.05, 4.69) is 170 Å². The lowest BCUT2D eigenvalue weighted by molar-refractivity contribution is 1.08. The third kappa shape index (κ3) is 5.69. The van der Waals surface area contributed by atoms with Crippen LogP contribution in [0.15, 0.2) is 200 Å². The van der Waals surface area contributed by atoms with Crippen LogP contribution in [0.4, 0.5) is 0 Å². The van der Waals surface area contributed by atoms with Crippen molar-refractivity contribution in [2.75, 3.05) is 0 Å². The lowest BCUT2D eigenvalue weighted by atomic mass is 9.93. The van der Waals surface area contributed by atoms with Gasteiger partial charge in [0, 0.05) is 16.7 Å². The van der Waals surface area contributed by atoms with Crippen molar-refractivity contribution in [1.82, 2.24) is 15.0 Å². The van der Waals surface area contributed by atoms with Gasteiger partial charge in [0.15, 0.2) is 17.5 Å². The highest BCUT2D eigenvalue weighted by Crippen LogP contribution is 2.38. The fourth-order valence-corrected chi connectivity index (χ4v) is 7.66. The molecule has 0 aliphatic heterocycles. The van der Waals surface area contributed by atoms with Gasteiger partial charge >= 0.3 is 0 Å². The van der Waals surface area contributed by atoms with Crippen molar-refractivity contribution < 1.29 is 0 Å². The molecule has 0 saturated carbocycles. The Morgan fingerprint density at radius 1 is 0.222 bits per heavy atom. The van der Waals surface area contributed by atoms with Crippen LogP contribution in [0.25, 0.3) is 99.9 Å². The number of hydrogen-bond donors (Lipinski definition) is 0. The topological polar surface area (TPSA) is 38.7 Å². The molecular weight excluding hydrogens is 655 g/mol. The lowest BCUT2D eigenvalue weighted by Crippen LogP contribution is -2.01. The van der Waals surface area contributed by atoms with E-state index in [4.69, 9.17) is 15.0 Å². The Balaban J connectivity index is 1.07. The summed E-state index contributed by atoms with van der Waals surface area (Å²) in [5.74, 6) is 1.93. The summed E-state index contributed by atoms with van der Waals surface area (Å²) in [5, 5.41) is 7.32. The van der Waals surface area contributed by atoms with E-state index in [-0.39, 0.29) is 0 Å². The van der Waals surface area contributed by atoms with Gasteiger partial charge in [-0.3, -0.25) is 0 Å². The molecule has 0 radical (unpaired) electrons. The second-order valence-electron chi connectivity index (χ2n) is 13.6. The van der Waals surface area contributed by atoms with Crippen LogP contribution in [0.2, 0.25) is 0 Å². The molecule has 0 N–H and O–H groups in total. The summed E-state index contributed by atoms with van der Waals surface area (Å²) in [7, 11) is 0. The first-order chi connectivity index (χ1) is 26.8. The average Bonchev–Trinajstić information content (AvgIpc) is 3.26. The molecule has 0 spiro atoms. The van der Waals surface area contributed by atoms with Crippen LogP contribution in [0, 0.1) is 0 Å². The zero-order valence-corrected chi connectivity index (χ0v) is 29.4. The minimum atomic E-state index is 0.642. The number of hydrogen-bond acceptors (Lipinski definition) is 3. The molecule has 1 aromatic heterocycles. The van der Waals surface area contributed by atoms with Crippen molar-refractivity contribution in [3.05, 3.63) is 200 Å². The Hall–Kier alpha value is -7.23. The van der Waals surface area contributed by atoms with Gasteiger partial charge in [-0.1, -0.05) is 188 Å². The summed E-state index contributed by atoms with van der Waals surface area (Å²) in [6.07, 6.45) is 0. The Kier molecular flexibility index (Phi) is 7.81. The first-order valence-electron chi connectivity index (χ1n) is 18.3. The SMILES string of the molecule is c1ccc(-c2nc(-c3ccccc3-c3ccccc3)nc(-c3ccc(-c4ccc(-c5ccc6c(ccc7ccccc76)c5)cc4)c4ccccc34)n2)cc1. The molecule has 0 saturated heterocycles. The van der Waals surface area contributed by atoms with Crippen LogP contribution in [-0.2, 0) is 0 Å². The highest BCUT2D eigenvalue weighted by atomic mass is 15.0. The summed E-state index contributed by atoms with van der Waals surface area (Å²) in [6.45, 7) is 0. The molecule has 1 heterocycles. The number of rotatable bonds is 6. The maximum Gasteiger partial charge on any atom is 0.164 e. The van der Waals surface area contributed by atoms with E-state index in [1.807, 2.05) is 30.3 Å². The van der Waals surface area contributed by atoms with Crippen LogP contribution >= 0.6 is 0 Å². The van der Waals surface area contributed by atoms with Gasteiger partial charge in [-0.05, 0) is 77.8 Å². The van der Waals surface area contributed by atoms with Gasteiger partial charge in [0.2, 0.25) is 0 Å². The van der Waals surface area contributed by atoms with Gasteiger partial charge in [-0.15, -0.1) is 0 Å². The minimum Gasteiger partial charge on any atom is -0.208 e. The number of nitrogens with zero attached hydrogens (tertiary/aromatic N) is 3. The van der Waals surface area contributed by atoms with Crippen LogP contribution in [0.3, 0.4) is 0 Å². The first-order valence-corrected chi connectivity index (χ1v) is 18.3. The van der Waals surface area contributed by atoms with E-state index in [0.29, 0.717) is 17.5 Å². The normalized spacial score (nSPS) is 11.3. The van der Waals surface area contributed by atoms with Gasteiger partial charge in [-0.25, -0.2) is 15.0 Å². The Bertz CT molecular complexity index is 2970. The molecule has 10 aromatic rings. The van der Waals surface area contributed by atoms with E-state index in [1.165, 1.54) is 32.7 Å². The standard InChI is InChI=1S/C51H33N3/c1-3-13-35(14-4-1)42-19-9-12-22-47(42)50-52-49(38-16-5-2-6-17-38)53-51(54-50)48-32-31-43(45-20-10-11-21-46(45)48)37-25-23-34(24-26-37)39-29-30-44-40(33-39)28-27-36-15-7-8-18-41(36)44/h1-33H. The van der Waals surface area contributed by atoms with Crippen molar-refractivity contribution in [2.45, 2.75) is 0 Å². The Morgan fingerprint density at radius 2 is 0.704 bits per heavy atom. The minimum absolute atomic E-state index is 0.642. The zero-order chi connectivity index (χ0) is 35.8. The molecule has 0 unspecified atom stereocenters. The largest absolute Gasteiger partial charge is 0.208 e. The molecule has 54 heavy (non-hydrogen) atoms. The third-order valence-electron chi connectivity index (χ3n) is 10.4. The zero-order valence-electron chi connectivity index (χ0n) is 29.4. The van der Waals surface area contributed by atoms with Gasteiger partial charge < -0.3 is 0 Å². The summed E-state index contributed by atoms with van der Waals surface area (Å²) < 4.78 is 0. The van der Waals surface area contributed by atoms with Crippen molar-refractivity contribution in [2.24, 2.45) is 0 Å². The van der Waals surface area contributed by atoms with Crippen LogP contribution in [0.1, 0.15) is 0 Å². The molecule has 0 aliphatic carbocycles. The van der Waals surface area contributed by atoms with Gasteiger partial charge in [0.05, 0.1) is 0 Å². The van der Waals surface area contributed by atoms with Crippen LogP contribution < -0.4 is 0 Å². The monoisotopic (exact) mass is 687 g/mol. The quantitative estimate of drug-likeness (QED) is 0.163. The molecule has 252 valence electrons. The summed E-state index contributed by atoms with van der Waals surface area (Å²) in [6, 6.07) is 70.6. The van der Waals surface area contributed by atoms with E-state index < -0.39 is 0 Å². The van der Waals surface area contributed by atoms with Crippen molar-refractivity contribution >= 4 is 32.3 Å². The Labute approximate surface area is 313 Å². The highest BCUT2D eigenvalue weighted by molar-refractivity contribution is 6.08. The van der Waals surface area contributed by atoms with Crippen LogP contribution in [0.5, 0.6) is 0 Å². The average molecular weight is 688 g/mol. The van der Waals surface area contributed by atoms with Crippen molar-refractivity contribution in [1.29, 1.82) is 0 Å². The first kappa shape index (κ1) is 31.5. The second kappa shape index (κ2) is 13.4. The number of benzene rings is 9. The highest BCUT2D eigenvalue weighted by Gasteiger charge is 2.18. The molecule has 0 fully saturated rings. The van der Waals surface area contributed by atoms with Gasteiger partial charge in [0.25, 0.3) is 0 Å². The predicted octanol–water partition coefficient (Wildman–Crippen LogP) is 13.3. The molecule has 0 atom stereocenters. The Morgan fingerprint density at radius 3 is 1.46 bits per heavy atom. The lowest BCUT2D eigenvalue weighted by Gasteiger charge is -2.14. The fourth-order valence-electron chi connectivity index (χ4n) is 7.66. The predicted molar refractivity (Wildman–Crippen MR) is 225 cm³/mol. The van der Waals surface area contributed by atoms with Crippen molar-refractivity contribution in [3.8, 4) is 67.5 Å². The third-order valence-corrected chi connectivity index (χ3v) is 10.4. The van der Waals surface area contributed by atoms with Crippen LogP contribution in [-0.4, -0.2) is 15.0 Å². The summed E-state index contributed by atoms with van der Waals surface area (Å²) in [5.41, 5.74) is 9.79. The maximum absolute atomic E-state index is 5.20. The van der Waals surface area contributed by atoms with E-state index in [0.717, 1.165) is 49.7 Å². The molecule has 3 nitrogen and oxygen atoms in total. The van der Waals surface area contributed by atoms with E-state index in [1.54, 1.807) is 0 Å². The van der Waals surface area contributed by atoms with E-state index >= 15 is 0 Å². The van der Waals surface area contributed by atoms with Crippen molar-refractivity contribution in [3.63, 3.8) is 0 Å². The number of fused-ring (bicyclic) bond motifs is 4. The summed E-state index contributed by atoms with van der Waals surface area (Å²) >= 11 is 0. The molecular formula is C51H33N3. The number of aromatic nitrogens is 3. The molecule has 0 aliphatic rings. The van der Waals surface area contributed by atoms with Gasteiger partial charge in [-0.2, -0.15) is 0 Å². The second-order valence-corrected chi connectivity index (χ2v) is 13.6. The fraction of sp³-hybridized carbons (Fsp3) is 0. The smallest absolute Gasteiger partial charge is 0.164 e. The molecule has 3 heteroatoms. The van der Waals surface area contributed by atoms with Gasteiger partial charge in [0.1, 0.15) is 0 Å². The molecule has 0 bridgehead atoms. The molecule has 10 rings (SSSR count). The molecule has 0 amide bonds. The summed E-state index contributed by atoms with van der Waals surface area (Å²) in [4.78, 5) is 15.4.